The number of benzene rings is 1. The minimum absolute atomic E-state index is 0.0234. The van der Waals surface area contributed by atoms with Crippen LogP contribution in [0.1, 0.15) is 11.7 Å². The maximum Gasteiger partial charge on any atom is 0.423 e. The molecule has 19 heavy (non-hydrogen) atoms. The molecule has 1 atom stereocenters. The lowest BCUT2D eigenvalue weighted by Crippen LogP contribution is -2.45. The van der Waals surface area contributed by atoms with Crippen molar-refractivity contribution in [3.8, 4) is 0 Å². The summed E-state index contributed by atoms with van der Waals surface area (Å²) in [6.45, 7) is 0. The summed E-state index contributed by atoms with van der Waals surface area (Å²) in [5.41, 5.74) is 0.274. The van der Waals surface area contributed by atoms with Gasteiger partial charge in [-0.15, -0.1) is 0 Å². The Morgan fingerprint density at radius 1 is 0.947 bits per heavy atom. The van der Waals surface area contributed by atoms with Gasteiger partial charge in [0.1, 0.15) is 0 Å². The van der Waals surface area contributed by atoms with E-state index >= 15 is 0 Å². The van der Waals surface area contributed by atoms with Crippen LogP contribution in [0.4, 0.5) is 26.3 Å². The van der Waals surface area contributed by atoms with E-state index < -0.39 is 24.6 Å². The summed E-state index contributed by atoms with van der Waals surface area (Å²) in [6, 6.07) is 7.50. The van der Waals surface area contributed by atoms with Gasteiger partial charge in [0.15, 0.2) is 0 Å². The van der Waals surface area contributed by atoms with Gasteiger partial charge in [-0.2, -0.15) is 26.3 Å². The van der Waals surface area contributed by atoms with E-state index in [0.717, 1.165) is 0 Å². The van der Waals surface area contributed by atoms with Crippen molar-refractivity contribution in [1.29, 1.82) is 0 Å². The molecule has 1 aromatic rings. The summed E-state index contributed by atoms with van der Waals surface area (Å²) in [6.07, 6.45) is -16.0. The molecule has 1 aromatic carbocycles. The molecule has 0 fully saturated rings. The SMILES string of the molecule is FC(F)(F)C(OC(CI)c1ccccc1)C(F)(F)F. The molecular weight excluding hydrogens is 389 g/mol. The van der Waals surface area contributed by atoms with Crippen LogP contribution in [0.2, 0.25) is 0 Å². The highest BCUT2D eigenvalue weighted by Gasteiger charge is 2.58. The number of hydrogen-bond acceptors (Lipinski definition) is 1. The Bertz CT molecular complexity index is 374. The first-order valence-corrected chi connectivity index (χ1v) is 6.58. The van der Waals surface area contributed by atoms with Gasteiger partial charge < -0.3 is 4.74 Å². The van der Waals surface area contributed by atoms with Crippen molar-refractivity contribution in [3.05, 3.63) is 35.9 Å². The molecule has 0 bridgehead atoms. The summed E-state index contributed by atoms with van der Waals surface area (Å²) < 4.78 is 78.5. The second-order valence-electron chi connectivity index (χ2n) is 3.65. The van der Waals surface area contributed by atoms with E-state index in [9.17, 15) is 26.3 Å². The lowest BCUT2D eigenvalue weighted by Gasteiger charge is -2.27. The quantitative estimate of drug-likeness (QED) is 0.407. The molecule has 1 nitrogen and oxygen atoms in total. The Morgan fingerprint density at radius 3 is 1.79 bits per heavy atom. The Labute approximate surface area is 119 Å². The third-order valence-corrected chi connectivity index (χ3v) is 3.01. The second-order valence-corrected chi connectivity index (χ2v) is 4.53. The van der Waals surface area contributed by atoms with E-state index in [1.807, 2.05) is 0 Å². The maximum absolute atomic E-state index is 12.4. The number of alkyl halides is 7. The summed E-state index contributed by atoms with van der Waals surface area (Å²) >= 11 is 1.68. The van der Waals surface area contributed by atoms with Gasteiger partial charge in [0.05, 0.1) is 6.10 Å². The summed E-state index contributed by atoms with van der Waals surface area (Å²) in [7, 11) is 0. The van der Waals surface area contributed by atoms with Gasteiger partial charge in [-0.25, -0.2) is 0 Å². The normalized spacial score (nSPS) is 14.7. The van der Waals surface area contributed by atoms with Crippen LogP contribution in [0.5, 0.6) is 0 Å². The van der Waals surface area contributed by atoms with Crippen molar-refractivity contribution in [2.75, 3.05) is 4.43 Å². The first-order chi connectivity index (χ1) is 8.66. The van der Waals surface area contributed by atoms with E-state index in [0.29, 0.717) is 0 Å². The molecule has 0 aliphatic carbocycles. The van der Waals surface area contributed by atoms with Crippen molar-refractivity contribution >= 4 is 22.6 Å². The van der Waals surface area contributed by atoms with Crippen molar-refractivity contribution in [2.24, 2.45) is 0 Å². The molecule has 8 heteroatoms. The summed E-state index contributed by atoms with van der Waals surface area (Å²) in [4.78, 5) is 0. The van der Waals surface area contributed by atoms with Crippen molar-refractivity contribution in [3.63, 3.8) is 0 Å². The van der Waals surface area contributed by atoms with E-state index in [1.165, 1.54) is 24.3 Å². The zero-order valence-electron chi connectivity index (χ0n) is 9.30. The highest BCUT2D eigenvalue weighted by atomic mass is 127. The third kappa shape index (κ3) is 4.83. The molecule has 0 aliphatic rings. The monoisotopic (exact) mass is 398 g/mol. The van der Waals surface area contributed by atoms with Crippen LogP contribution in [-0.4, -0.2) is 22.9 Å². The molecule has 0 aromatic heterocycles. The van der Waals surface area contributed by atoms with E-state index in [1.54, 1.807) is 28.7 Å². The van der Waals surface area contributed by atoms with E-state index in [4.69, 9.17) is 0 Å². The fraction of sp³-hybridized carbons (Fsp3) is 0.455. The fourth-order valence-electron chi connectivity index (χ4n) is 1.38. The molecule has 0 N–H and O–H groups in total. The molecule has 1 rings (SSSR count). The molecule has 0 heterocycles. The highest BCUT2D eigenvalue weighted by molar-refractivity contribution is 14.1. The van der Waals surface area contributed by atoms with Gasteiger partial charge >= 0.3 is 12.4 Å². The molecule has 0 aliphatic heterocycles. The fourth-order valence-corrected chi connectivity index (χ4v) is 2.09. The number of halogens is 7. The van der Waals surface area contributed by atoms with Crippen LogP contribution in [0.25, 0.3) is 0 Å². The van der Waals surface area contributed by atoms with Crippen LogP contribution in [-0.2, 0) is 4.74 Å². The van der Waals surface area contributed by atoms with E-state index in [-0.39, 0.29) is 9.99 Å². The summed E-state index contributed by atoms with van der Waals surface area (Å²) in [5.74, 6) is 0. The predicted molar refractivity (Wildman–Crippen MR) is 65.1 cm³/mol. The smallest absolute Gasteiger partial charge is 0.352 e. The Kier molecular flexibility index (Phi) is 5.48. The molecule has 0 radical (unpaired) electrons. The Balaban J connectivity index is 2.95. The van der Waals surface area contributed by atoms with Gasteiger partial charge in [-0.05, 0) is 5.56 Å². The van der Waals surface area contributed by atoms with Gasteiger partial charge in [0.25, 0.3) is 0 Å². The number of hydrogen-bond donors (Lipinski definition) is 0. The second kappa shape index (κ2) is 6.29. The summed E-state index contributed by atoms with van der Waals surface area (Å²) in [5, 5.41) is 0. The average Bonchev–Trinajstić information content (AvgIpc) is 2.28. The van der Waals surface area contributed by atoms with Crippen LogP contribution in [0.3, 0.4) is 0 Å². The standard InChI is InChI=1S/C11H9F6IO/c12-10(13,14)9(11(15,16)17)19-8(6-18)7-4-2-1-3-5-7/h1-5,8-9H,6H2. The topological polar surface area (TPSA) is 9.23 Å². The first kappa shape index (κ1) is 16.5. The van der Waals surface area contributed by atoms with E-state index in [2.05, 4.69) is 4.74 Å². The zero-order chi connectivity index (χ0) is 14.7. The van der Waals surface area contributed by atoms with Crippen LogP contribution in [0.15, 0.2) is 30.3 Å². The Hall–Kier alpha value is -0.510. The molecule has 0 spiro atoms. The zero-order valence-corrected chi connectivity index (χ0v) is 11.5. The van der Waals surface area contributed by atoms with Gasteiger partial charge in [-0.3, -0.25) is 0 Å². The van der Waals surface area contributed by atoms with Gasteiger partial charge in [-0.1, -0.05) is 52.9 Å². The molecule has 108 valence electrons. The molecule has 1 unspecified atom stereocenters. The van der Waals surface area contributed by atoms with Crippen molar-refractivity contribution in [2.45, 2.75) is 24.6 Å². The lowest BCUT2D eigenvalue weighted by molar-refractivity contribution is -0.330. The molecular formula is C11H9F6IO. The largest absolute Gasteiger partial charge is 0.423 e. The van der Waals surface area contributed by atoms with Crippen LogP contribution < -0.4 is 0 Å². The molecule has 0 saturated heterocycles. The third-order valence-electron chi connectivity index (χ3n) is 2.21. The van der Waals surface area contributed by atoms with Gasteiger partial charge in [0, 0.05) is 4.43 Å². The maximum atomic E-state index is 12.4. The number of rotatable bonds is 4. The van der Waals surface area contributed by atoms with Crippen LogP contribution >= 0.6 is 22.6 Å². The van der Waals surface area contributed by atoms with Crippen molar-refractivity contribution < 1.29 is 31.1 Å². The minimum Gasteiger partial charge on any atom is -0.352 e. The average molecular weight is 398 g/mol. The van der Waals surface area contributed by atoms with Crippen molar-refractivity contribution in [1.82, 2.24) is 0 Å². The minimum atomic E-state index is -5.49. The lowest BCUT2D eigenvalue weighted by atomic mass is 10.1. The predicted octanol–water partition coefficient (Wildman–Crippen LogP) is 4.67. The highest BCUT2D eigenvalue weighted by Crippen LogP contribution is 2.39. The molecule has 0 saturated carbocycles. The van der Waals surface area contributed by atoms with Crippen LogP contribution in [0, 0.1) is 0 Å². The number of ether oxygens (including phenoxy) is 1. The first-order valence-electron chi connectivity index (χ1n) is 5.06. The molecule has 0 amide bonds. The Morgan fingerprint density at radius 2 is 1.42 bits per heavy atom. The van der Waals surface area contributed by atoms with Gasteiger partial charge in [0.2, 0.25) is 6.10 Å².